The smallest absolute Gasteiger partial charge is 0.251 e. The van der Waals surface area contributed by atoms with Gasteiger partial charge in [-0.2, -0.15) is 0 Å². The number of ketones is 2. The highest BCUT2D eigenvalue weighted by Crippen LogP contribution is 2.31. The molecule has 4 rings (SSSR count). The first kappa shape index (κ1) is 22.9. The average Bonchev–Trinajstić information content (AvgIpc) is 3.32. The Kier molecular flexibility index (Phi) is 7.02. The van der Waals surface area contributed by atoms with Crippen molar-refractivity contribution in [1.29, 1.82) is 0 Å². The topological polar surface area (TPSA) is 106 Å². The van der Waals surface area contributed by atoms with Crippen LogP contribution in [0.1, 0.15) is 18.2 Å². The van der Waals surface area contributed by atoms with Gasteiger partial charge in [0, 0.05) is 13.1 Å². The first-order valence-electron chi connectivity index (χ1n) is 10.9. The van der Waals surface area contributed by atoms with Crippen LogP contribution >= 0.6 is 0 Å². The van der Waals surface area contributed by atoms with E-state index in [0.29, 0.717) is 30.1 Å². The van der Waals surface area contributed by atoms with Gasteiger partial charge in [0.05, 0.1) is 24.2 Å². The minimum atomic E-state index is -1.17. The molecule has 2 atom stereocenters. The molecule has 0 radical (unpaired) electrons. The normalized spacial score (nSPS) is 18.4. The molecule has 0 unspecified atom stereocenters. The molecule has 0 saturated carbocycles. The van der Waals surface area contributed by atoms with Gasteiger partial charge < -0.3 is 24.8 Å². The monoisotopic (exact) mass is 452 g/mol. The maximum absolute atomic E-state index is 12.6. The lowest BCUT2D eigenvalue weighted by molar-refractivity contribution is -0.136. The molecule has 1 aliphatic heterocycles. The molecule has 9 nitrogen and oxygen atoms in total. The molecule has 1 aliphatic rings. The molecule has 174 valence electrons. The van der Waals surface area contributed by atoms with Gasteiger partial charge in [-0.25, -0.2) is 4.98 Å². The van der Waals surface area contributed by atoms with Crippen molar-refractivity contribution in [3.63, 3.8) is 0 Å². The molecule has 33 heavy (non-hydrogen) atoms. The number of nitrogens with one attached hydrogen (secondary N) is 1. The van der Waals surface area contributed by atoms with Crippen molar-refractivity contribution >= 4 is 28.5 Å². The minimum Gasteiger partial charge on any atom is -0.494 e. The molecular formula is C24H28N4O5. The third kappa shape index (κ3) is 5.05. The van der Waals surface area contributed by atoms with Gasteiger partial charge in [-0.05, 0) is 50.3 Å². The number of carbonyl (C=O) groups excluding carboxylic acids is 2. The summed E-state index contributed by atoms with van der Waals surface area (Å²) in [6.07, 6.45) is -1.39. The number of hydrogen-bond acceptors (Lipinski definition) is 8. The number of anilines is 1. The molecule has 2 aromatic carbocycles. The fourth-order valence-corrected chi connectivity index (χ4v) is 3.77. The lowest BCUT2D eigenvalue weighted by Gasteiger charge is -2.16. The van der Waals surface area contributed by atoms with E-state index >= 15 is 0 Å². The lowest BCUT2D eigenvalue weighted by Crippen LogP contribution is -2.23. The predicted octanol–water partition coefficient (Wildman–Crippen LogP) is 2.01. The quantitative estimate of drug-likeness (QED) is 0.356. The number of aromatic nitrogens is 2. The standard InChI is InChI=1S/C24H28N4O5/c1-27(2)11-6-12-32-17-8-5-7-16(13-17)14-25-24-26-18-9-3-4-10-19(18)28(24)23-22(31)21(30)20(15-29)33-23/h3-5,7-10,13,20,23,29H,6,11-12,14-15H2,1-2H3,(H,25,26)/t20-,23-/m1/s1. The zero-order chi connectivity index (χ0) is 23.4. The van der Waals surface area contributed by atoms with Crippen molar-refractivity contribution in [2.24, 2.45) is 0 Å². The third-order valence-electron chi connectivity index (χ3n) is 5.42. The van der Waals surface area contributed by atoms with Crippen LogP contribution in [0.3, 0.4) is 0 Å². The summed E-state index contributed by atoms with van der Waals surface area (Å²) >= 11 is 0. The molecule has 1 saturated heterocycles. The van der Waals surface area contributed by atoms with Gasteiger partial charge in [-0.3, -0.25) is 14.2 Å². The number of aliphatic hydroxyl groups excluding tert-OH is 1. The summed E-state index contributed by atoms with van der Waals surface area (Å²) in [5, 5.41) is 12.6. The third-order valence-corrected chi connectivity index (χ3v) is 5.42. The molecule has 2 N–H and O–H groups in total. The number of imidazole rings is 1. The van der Waals surface area contributed by atoms with E-state index in [-0.39, 0.29) is 0 Å². The molecule has 1 aromatic heterocycles. The van der Waals surface area contributed by atoms with E-state index in [1.807, 2.05) is 62.6 Å². The van der Waals surface area contributed by atoms with Crippen molar-refractivity contribution < 1.29 is 24.2 Å². The SMILES string of the molecule is CN(C)CCCOc1cccc(CNc2nc3ccccc3n2[C@@H]2O[C@H](CO)C(=O)C2=O)c1. The second-order valence-electron chi connectivity index (χ2n) is 8.19. The van der Waals surface area contributed by atoms with Crippen molar-refractivity contribution in [3.8, 4) is 5.75 Å². The number of carbonyl (C=O) groups is 2. The summed E-state index contributed by atoms with van der Waals surface area (Å²) < 4.78 is 13.0. The highest BCUT2D eigenvalue weighted by Gasteiger charge is 2.44. The number of benzene rings is 2. The Labute approximate surface area is 191 Å². The molecule has 9 heteroatoms. The van der Waals surface area contributed by atoms with Gasteiger partial charge in [0.1, 0.15) is 11.9 Å². The molecule has 3 aromatic rings. The Hall–Kier alpha value is -3.27. The molecule has 1 fully saturated rings. The number of hydrogen-bond donors (Lipinski definition) is 2. The van der Waals surface area contributed by atoms with Crippen LogP contribution in [0.5, 0.6) is 5.75 Å². The van der Waals surface area contributed by atoms with E-state index < -0.39 is 30.5 Å². The first-order chi connectivity index (χ1) is 16.0. The number of nitrogens with zero attached hydrogens (tertiary/aromatic N) is 3. The van der Waals surface area contributed by atoms with Crippen molar-refractivity contribution in [2.75, 3.05) is 39.2 Å². The fourth-order valence-electron chi connectivity index (χ4n) is 3.77. The molecule has 2 heterocycles. The maximum atomic E-state index is 12.6. The Morgan fingerprint density at radius 3 is 2.73 bits per heavy atom. The van der Waals surface area contributed by atoms with Crippen LogP contribution in [0.25, 0.3) is 11.0 Å². The highest BCUT2D eigenvalue weighted by molar-refractivity contribution is 6.41. The Morgan fingerprint density at radius 1 is 1.15 bits per heavy atom. The van der Waals surface area contributed by atoms with Crippen LogP contribution in [-0.2, 0) is 20.9 Å². The zero-order valence-corrected chi connectivity index (χ0v) is 18.7. The van der Waals surface area contributed by atoms with E-state index in [9.17, 15) is 14.7 Å². The average molecular weight is 453 g/mol. The van der Waals surface area contributed by atoms with Gasteiger partial charge in [0.2, 0.25) is 18.0 Å². The molecule has 0 amide bonds. The fraction of sp³-hybridized carbons (Fsp3) is 0.375. The summed E-state index contributed by atoms with van der Waals surface area (Å²) in [7, 11) is 4.06. The predicted molar refractivity (Wildman–Crippen MR) is 123 cm³/mol. The second kappa shape index (κ2) is 10.1. The Bertz CT molecular complexity index is 1140. The first-order valence-corrected chi connectivity index (χ1v) is 10.9. The van der Waals surface area contributed by atoms with E-state index in [1.54, 1.807) is 4.57 Å². The maximum Gasteiger partial charge on any atom is 0.251 e. The van der Waals surface area contributed by atoms with Crippen LogP contribution in [0.2, 0.25) is 0 Å². The highest BCUT2D eigenvalue weighted by atomic mass is 16.5. The van der Waals surface area contributed by atoms with Crippen LogP contribution in [0, 0.1) is 0 Å². The van der Waals surface area contributed by atoms with E-state index in [0.717, 1.165) is 24.3 Å². The van der Waals surface area contributed by atoms with Gasteiger partial charge in [-0.15, -0.1) is 0 Å². The van der Waals surface area contributed by atoms with Gasteiger partial charge in [0.15, 0.2) is 0 Å². The largest absolute Gasteiger partial charge is 0.494 e. The van der Waals surface area contributed by atoms with Crippen LogP contribution in [-0.4, -0.2) is 71.1 Å². The summed E-state index contributed by atoms with van der Waals surface area (Å²) in [6, 6.07) is 15.1. The minimum absolute atomic E-state index is 0.401. The molecular weight excluding hydrogens is 424 g/mol. The zero-order valence-electron chi connectivity index (χ0n) is 18.7. The molecule has 0 spiro atoms. The number of rotatable bonds is 10. The number of fused-ring (bicyclic) bond motifs is 1. The second-order valence-corrected chi connectivity index (χ2v) is 8.19. The Balaban J connectivity index is 1.52. The van der Waals surface area contributed by atoms with Crippen molar-refractivity contribution in [1.82, 2.24) is 14.5 Å². The van der Waals surface area contributed by atoms with Gasteiger partial charge in [0.25, 0.3) is 5.78 Å². The summed E-state index contributed by atoms with van der Waals surface area (Å²) in [5.74, 6) is -0.246. The van der Waals surface area contributed by atoms with Crippen LogP contribution in [0.15, 0.2) is 48.5 Å². The number of ether oxygens (including phenoxy) is 2. The summed E-state index contributed by atoms with van der Waals surface area (Å²) in [6.45, 7) is 1.47. The number of para-hydroxylation sites is 2. The van der Waals surface area contributed by atoms with Crippen molar-refractivity contribution in [3.05, 3.63) is 54.1 Å². The lowest BCUT2D eigenvalue weighted by atomic mass is 10.2. The molecule has 0 aliphatic carbocycles. The van der Waals surface area contributed by atoms with E-state index in [2.05, 4.69) is 15.2 Å². The van der Waals surface area contributed by atoms with E-state index in [1.165, 1.54) is 0 Å². The van der Waals surface area contributed by atoms with Gasteiger partial charge in [-0.1, -0.05) is 24.3 Å². The van der Waals surface area contributed by atoms with Crippen molar-refractivity contribution in [2.45, 2.75) is 25.3 Å². The summed E-state index contributed by atoms with van der Waals surface area (Å²) in [5.41, 5.74) is 2.29. The Morgan fingerprint density at radius 2 is 1.97 bits per heavy atom. The van der Waals surface area contributed by atoms with Crippen LogP contribution < -0.4 is 10.1 Å². The number of Topliss-reactive ketones (excluding diaryl/α,β-unsaturated/α-hetero) is 2. The summed E-state index contributed by atoms with van der Waals surface area (Å²) in [4.78, 5) is 31.4. The van der Waals surface area contributed by atoms with E-state index in [4.69, 9.17) is 9.47 Å². The number of aliphatic hydroxyl groups is 1. The van der Waals surface area contributed by atoms with Gasteiger partial charge >= 0.3 is 0 Å². The molecule has 0 bridgehead atoms. The van der Waals surface area contributed by atoms with Crippen LogP contribution in [0.4, 0.5) is 5.95 Å².